The van der Waals surface area contributed by atoms with Gasteiger partial charge in [-0.2, -0.15) is 0 Å². The fourth-order valence-electron chi connectivity index (χ4n) is 3.60. The van der Waals surface area contributed by atoms with Gasteiger partial charge in [-0.05, 0) is 21.8 Å². The van der Waals surface area contributed by atoms with E-state index >= 15 is 0 Å². The molecule has 2 rings (SSSR count). The number of rotatable bonds is 9. The maximum Gasteiger partial charge on any atom is 0.302 e. The zero-order valence-corrected chi connectivity index (χ0v) is 18.4. The highest BCUT2D eigenvalue weighted by atomic mass is 28.4. The average molecular weight is 401 g/mol. The number of ether oxygens (including phenoxy) is 1. The van der Waals surface area contributed by atoms with Crippen LogP contribution in [0.4, 0.5) is 0 Å². The van der Waals surface area contributed by atoms with Crippen LogP contribution in [0.2, 0.25) is 5.04 Å². The molecule has 5 heteroatoms. The lowest BCUT2D eigenvalue weighted by Crippen LogP contribution is -2.66. The molecule has 4 nitrogen and oxygen atoms in total. The molecule has 0 heterocycles. The maximum atomic E-state index is 11.1. The number of esters is 1. The van der Waals surface area contributed by atoms with Crippen molar-refractivity contribution in [3.8, 4) is 0 Å². The number of hydrogen-bond acceptors (Lipinski definition) is 4. The first-order chi connectivity index (χ1) is 13.3. The normalized spacial score (nSPS) is 13.2. The molecular weight excluding hydrogens is 368 g/mol. The SMILES string of the molecule is CC(=O)OC[C@@H](CO)CCO[Si](c1ccccc1)(c1ccccc1)C(C)(C)C. The molecule has 28 heavy (non-hydrogen) atoms. The minimum atomic E-state index is -2.56. The first-order valence-electron chi connectivity index (χ1n) is 9.80. The molecule has 0 fully saturated rings. The standard InChI is InChI=1S/C23H32O4Si/c1-19(25)26-18-20(17-24)15-16-27-28(23(2,3)4,21-11-7-5-8-12-21)22-13-9-6-10-14-22/h5-14,20,24H,15-18H2,1-4H3/t20-/m1/s1. The summed E-state index contributed by atoms with van der Waals surface area (Å²) < 4.78 is 11.9. The van der Waals surface area contributed by atoms with Crippen molar-refractivity contribution in [3.05, 3.63) is 60.7 Å². The molecule has 0 aliphatic carbocycles. The van der Waals surface area contributed by atoms with Crippen molar-refractivity contribution in [2.75, 3.05) is 19.8 Å². The monoisotopic (exact) mass is 400 g/mol. The van der Waals surface area contributed by atoms with Gasteiger partial charge in [-0.3, -0.25) is 4.79 Å². The van der Waals surface area contributed by atoms with Gasteiger partial charge < -0.3 is 14.3 Å². The molecule has 0 saturated carbocycles. The molecule has 2 aromatic rings. The Bertz CT molecular complexity index is 686. The number of benzene rings is 2. The summed E-state index contributed by atoms with van der Waals surface area (Å²) in [7, 11) is -2.56. The molecule has 0 aromatic heterocycles. The van der Waals surface area contributed by atoms with Crippen LogP contribution in [0.25, 0.3) is 0 Å². The minimum Gasteiger partial charge on any atom is -0.465 e. The Kier molecular flexibility index (Phi) is 7.98. The number of aliphatic hydroxyl groups excluding tert-OH is 1. The molecule has 1 atom stereocenters. The second-order valence-electron chi connectivity index (χ2n) is 8.15. The number of aliphatic hydroxyl groups is 1. The Morgan fingerprint density at radius 3 is 1.89 bits per heavy atom. The van der Waals surface area contributed by atoms with Crippen LogP contribution in [0.5, 0.6) is 0 Å². The fraction of sp³-hybridized carbons (Fsp3) is 0.435. The van der Waals surface area contributed by atoms with Gasteiger partial charge >= 0.3 is 5.97 Å². The molecule has 0 amide bonds. The Morgan fingerprint density at radius 2 is 1.50 bits per heavy atom. The maximum absolute atomic E-state index is 11.1. The molecule has 0 aliphatic heterocycles. The van der Waals surface area contributed by atoms with Crippen molar-refractivity contribution in [1.29, 1.82) is 0 Å². The molecule has 152 valence electrons. The Balaban J connectivity index is 2.32. The van der Waals surface area contributed by atoms with Gasteiger partial charge in [0.25, 0.3) is 8.32 Å². The van der Waals surface area contributed by atoms with E-state index in [1.54, 1.807) is 0 Å². The van der Waals surface area contributed by atoms with Crippen LogP contribution < -0.4 is 10.4 Å². The van der Waals surface area contributed by atoms with Gasteiger partial charge in [0.2, 0.25) is 0 Å². The van der Waals surface area contributed by atoms with E-state index in [-0.39, 0.29) is 30.1 Å². The smallest absolute Gasteiger partial charge is 0.302 e. The lowest BCUT2D eigenvalue weighted by Gasteiger charge is -2.43. The molecule has 0 unspecified atom stereocenters. The van der Waals surface area contributed by atoms with E-state index in [9.17, 15) is 9.90 Å². The molecular formula is C23H32O4Si. The summed E-state index contributed by atoms with van der Waals surface area (Å²) in [5, 5.41) is 12.0. The Morgan fingerprint density at radius 1 is 1.00 bits per heavy atom. The van der Waals surface area contributed by atoms with Gasteiger partial charge in [-0.15, -0.1) is 0 Å². The van der Waals surface area contributed by atoms with E-state index in [2.05, 4.69) is 69.3 Å². The van der Waals surface area contributed by atoms with E-state index in [0.29, 0.717) is 13.0 Å². The van der Waals surface area contributed by atoms with Gasteiger partial charge in [0.15, 0.2) is 0 Å². The molecule has 1 N–H and O–H groups in total. The van der Waals surface area contributed by atoms with Crippen molar-refractivity contribution in [3.63, 3.8) is 0 Å². The third-order valence-electron chi connectivity index (χ3n) is 5.04. The largest absolute Gasteiger partial charge is 0.465 e. The van der Waals surface area contributed by atoms with E-state index in [1.807, 2.05) is 12.1 Å². The van der Waals surface area contributed by atoms with Crippen molar-refractivity contribution in [1.82, 2.24) is 0 Å². The molecule has 0 aliphatic rings. The van der Waals surface area contributed by atoms with Crippen LogP contribution in [0, 0.1) is 5.92 Å². The van der Waals surface area contributed by atoms with Gasteiger partial charge in [0, 0.05) is 26.1 Å². The highest BCUT2D eigenvalue weighted by Gasteiger charge is 2.50. The summed E-state index contributed by atoms with van der Waals surface area (Å²) in [5.74, 6) is -0.450. The van der Waals surface area contributed by atoms with E-state index < -0.39 is 8.32 Å². The summed E-state index contributed by atoms with van der Waals surface area (Å²) in [6, 6.07) is 20.9. The molecule has 0 radical (unpaired) electrons. The number of hydrogen-bond donors (Lipinski definition) is 1. The van der Waals surface area contributed by atoms with E-state index in [1.165, 1.54) is 17.3 Å². The first kappa shape index (κ1) is 22.3. The van der Waals surface area contributed by atoms with Gasteiger partial charge in [0.05, 0.1) is 6.61 Å². The lowest BCUT2D eigenvalue weighted by atomic mass is 10.1. The van der Waals surface area contributed by atoms with E-state index in [0.717, 1.165) is 0 Å². The Labute approximate surface area is 169 Å². The predicted octanol–water partition coefficient (Wildman–Crippen LogP) is 3.12. The van der Waals surface area contributed by atoms with Crippen molar-refractivity contribution < 1.29 is 19.1 Å². The minimum absolute atomic E-state index is 0.0304. The summed E-state index contributed by atoms with van der Waals surface area (Å²) in [4.78, 5) is 11.1. The quantitative estimate of drug-likeness (QED) is 0.519. The van der Waals surface area contributed by atoms with E-state index in [4.69, 9.17) is 9.16 Å². The van der Waals surface area contributed by atoms with Crippen LogP contribution in [0.1, 0.15) is 34.1 Å². The zero-order valence-electron chi connectivity index (χ0n) is 17.4. The third-order valence-corrected chi connectivity index (χ3v) is 10.1. The molecule has 0 spiro atoms. The van der Waals surface area contributed by atoms with Crippen molar-refractivity contribution >= 4 is 24.7 Å². The summed E-state index contributed by atoms with van der Waals surface area (Å²) in [6.07, 6.45) is 0.633. The second kappa shape index (κ2) is 10.0. The first-order valence-corrected chi connectivity index (χ1v) is 11.7. The predicted molar refractivity (Wildman–Crippen MR) is 115 cm³/mol. The molecule has 0 bridgehead atoms. The topological polar surface area (TPSA) is 55.8 Å². The fourth-order valence-corrected chi connectivity index (χ4v) is 8.18. The number of carbonyl (C=O) groups excluding carboxylic acids is 1. The van der Waals surface area contributed by atoms with Crippen LogP contribution in [0.15, 0.2) is 60.7 Å². The molecule has 2 aromatic carbocycles. The third kappa shape index (κ3) is 5.31. The van der Waals surface area contributed by atoms with Gasteiger partial charge in [-0.25, -0.2) is 0 Å². The lowest BCUT2D eigenvalue weighted by molar-refractivity contribution is -0.142. The second-order valence-corrected chi connectivity index (χ2v) is 12.5. The summed E-state index contributed by atoms with van der Waals surface area (Å²) in [5.41, 5.74) is 0. The van der Waals surface area contributed by atoms with Crippen molar-refractivity contribution in [2.24, 2.45) is 5.92 Å². The molecule has 0 saturated heterocycles. The highest BCUT2D eigenvalue weighted by molar-refractivity contribution is 6.99. The zero-order chi connectivity index (χ0) is 20.6. The van der Waals surface area contributed by atoms with Crippen LogP contribution in [-0.2, 0) is 14.0 Å². The van der Waals surface area contributed by atoms with Gasteiger partial charge in [0.1, 0.15) is 0 Å². The number of carbonyl (C=O) groups is 1. The summed E-state index contributed by atoms with van der Waals surface area (Å²) in [6.45, 7) is 8.78. The highest BCUT2D eigenvalue weighted by Crippen LogP contribution is 2.36. The summed E-state index contributed by atoms with van der Waals surface area (Å²) >= 11 is 0. The Hall–Kier alpha value is -1.95. The average Bonchev–Trinajstić information content (AvgIpc) is 2.68. The van der Waals surface area contributed by atoms with Crippen LogP contribution in [0.3, 0.4) is 0 Å². The van der Waals surface area contributed by atoms with Crippen LogP contribution >= 0.6 is 0 Å². The van der Waals surface area contributed by atoms with Gasteiger partial charge in [-0.1, -0.05) is 81.4 Å². The van der Waals surface area contributed by atoms with Crippen molar-refractivity contribution in [2.45, 2.75) is 39.2 Å². The van der Waals surface area contributed by atoms with Crippen LogP contribution in [-0.4, -0.2) is 39.2 Å².